The van der Waals surface area contributed by atoms with Crippen molar-refractivity contribution in [3.8, 4) is 0 Å². The number of hydrogen-bond donors (Lipinski definition) is 0. The van der Waals surface area contributed by atoms with Gasteiger partial charge in [0.05, 0.1) is 0 Å². The summed E-state index contributed by atoms with van der Waals surface area (Å²) in [7, 11) is 0. The molecule has 0 N–H and O–H groups in total. The second-order valence-electron chi connectivity index (χ2n) is 7.72. The highest BCUT2D eigenvalue weighted by atomic mass is 16.2. The molecule has 0 bridgehead atoms. The van der Waals surface area contributed by atoms with Gasteiger partial charge in [0.2, 0.25) is 11.8 Å². The smallest absolute Gasteiger partial charge is 0.245 e. The molecule has 2 unspecified atom stereocenters. The quantitative estimate of drug-likeness (QED) is 0.804. The van der Waals surface area contributed by atoms with Crippen molar-refractivity contribution >= 4 is 11.8 Å². The van der Waals surface area contributed by atoms with Gasteiger partial charge < -0.3 is 9.80 Å². The van der Waals surface area contributed by atoms with E-state index < -0.39 is 0 Å². The monoisotopic (exact) mass is 306 g/mol. The predicted octanol–water partition coefficient (Wildman–Crippen LogP) is 2.67. The van der Waals surface area contributed by atoms with Crippen LogP contribution in [0.1, 0.15) is 58.8 Å². The van der Waals surface area contributed by atoms with E-state index in [1.165, 1.54) is 6.42 Å². The lowest BCUT2D eigenvalue weighted by Gasteiger charge is -2.30. The Kier molecular flexibility index (Phi) is 4.74. The van der Waals surface area contributed by atoms with Crippen molar-refractivity contribution in [2.45, 2.75) is 64.8 Å². The van der Waals surface area contributed by atoms with Gasteiger partial charge in [-0.25, -0.2) is 0 Å². The minimum atomic E-state index is -0.163. The topological polar surface area (TPSA) is 40.6 Å². The maximum absolute atomic E-state index is 12.9. The van der Waals surface area contributed by atoms with Gasteiger partial charge in [-0.1, -0.05) is 13.8 Å². The number of nitrogens with zero attached hydrogens (tertiary/aromatic N) is 2. The first-order chi connectivity index (χ1) is 10.6. The molecule has 3 rings (SSSR count). The molecule has 4 nitrogen and oxygen atoms in total. The lowest BCUT2D eigenvalue weighted by atomic mass is 9.89. The van der Waals surface area contributed by atoms with Crippen LogP contribution in [0.25, 0.3) is 0 Å². The van der Waals surface area contributed by atoms with E-state index in [2.05, 4.69) is 13.8 Å². The zero-order chi connectivity index (χ0) is 15.7. The van der Waals surface area contributed by atoms with Crippen LogP contribution in [0.3, 0.4) is 0 Å². The SMILES string of the molecule is CC(C)C1CCCN(C(=O)C2CCCN2C(=O)C2CC2)CC1. The molecule has 4 heteroatoms. The fourth-order valence-corrected chi connectivity index (χ4v) is 4.07. The third-order valence-corrected chi connectivity index (χ3v) is 5.77. The molecular formula is C18H30N2O2. The van der Waals surface area contributed by atoms with Gasteiger partial charge in [-0.3, -0.25) is 9.59 Å². The number of carbonyl (C=O) groups is 2. The van der Waals surface area contributed by atoms with Crippen molar-refractivity contribution in [1.82, 2.24) is 9.80 Å². The standard InChI is InChI=1S/C18H30N2O2/c1-13(2)14-5-3-10-19(12-9-14)18(22)16-6-4-11-20(16)17(21)15-7-8-15/h13-16H,3-12H2,1-2H3. The average Bonchev–Trinajstić information content (AvgIpc) is 3.27. The summed E-state index contributed by atoms with van der Waals surface area (Å²) in [4.78, 5) is 29.2. The Bertz CT molecular complexity index is 431. The summed E-state index contributed by atoms with van der Waals surface area (Å²) in [5.74, 6) is 2.13. The van der Waals surface area contributed by atoms with E-state index >= 15 is 0 Å². The van der Waals surface area contributed by atoms with Gasteiger partial charge in [-0.2, -0.15) is 0 Å². The Balaban J connectivity index is 1.61. The molecule has 0 aromatic carbocycles. The van der Waals surface area contributed by atoms with Crippen LogP contribution in [0.4, 0.5) is 0 Å². The van der Waals surface area contributed by atoms with Crippen molar-refractivity contribution in [2.24, 2.45) is 17.8 Å². The molecule has 124 valence electrons. The van der Waals surface area contributed by atoms with Crippen LogP contribution in [-0.2, 0) is 9.59 Å². The Labute approximate surface area is 134 Å². The van der Waals surface area contributed by atoms with Gasteiger partial charge in [-0.05, 0) is 56.8 Å². The largest absolute Gasteiger partial charge is 0.341 e. The third kappa shape index (κ3) is 3.31. The summed E-state index contributed by atoms with van der Waals surface area (Å²) >= 11 is 0. The molecule has 0 aromatic heterocycles. The summed E-state index contributed by atoms with van der Waals surface area (Å²) in [6.45, 7) is 7.12. The molecular weight excluding hydrogens is 276 g/mol. The molecule has 0 radical (unpaired) electrons. The van der Waals surface area contributed by atoms with Crippen LogP contribution < -0.4 is 0 Å². The molecule has 3 fully saturated rings. The molecule has 0 spiro atoms. The van der Waals surface area contributed by atoms with Gasteiger partial charge in [0.25, 0.3) is 0 Å². The van der Waals surface area contributed by atoms with Crippen LogP contribution in [0.2, 0.25) is 0 Å². The van der Waals surface area contributed by atoms with Crippen LogP contribution in [0.5, 0.6) is 0 Å². The summed E-state index contributed by atoms with van der Waals surface area (Å²) in [5, 5.41) is 0. The summed E-state index contributed by atoms with van der Waals surface area (Å²) in [6.07, 6.45) is 7.35. The van der Waals surface area contributed by atoms with Crippen molar-refractivity contribution in [2.75, 3.05) is 19.6 Å². The third-order valence-electron chi connectivity index (χ3n) is 5.77. The second-order valence-corrected chi connectivity index (χ2v) is 7.72. The molecule has 2 heterocycles. The molecule has 3 aliphatic rings. The molecule has 22 heavy (non-hydrogen) atoms. The van der Waals surface area contributed by atoms with Crippen molar-refractivity contribution in [3.63, 3.8) is 0 Å². The molecule has 1 saturated carbocycles. The van der Waals surface area contributed by atoms with E-state index in [4.69, 9.17) is 0 Å². The Morgan fingerprint density at radius 3 is 2.27 bits per heavy atom. The number of amides is 2. The van der Waals surface area contributed by atoms with E-state index in [1.54, 1.807) is 0 Å². The first kappa shape index (κ1) is 15.8. The molecule has 2 aliphatic heterocycles. The highest BCUT2D eigenvalue weighted by molar-refractivity contribution is 5.90. The maximum atomic E-state index is 12.9. The van der Waals surface area contributed by atoms with E-state index in [1.807, 2.05) is 9.80 Å². The van der Waals surface area contributed by atoms with E-state index in [-0.39, 0.29) is 23.8 Å². The first-order valence-corrected chi connectivity index (χ1v) is 9.17. The van der Waals surface area contributed by atoms with E-state index in [0.717, 1.165) is 64.1 Å². The predicted molar refractivity (Wildman–Crippen MR) is 86.2 cm³/mol. The van der Waals surface area contributed by atoms with Gasteiger partial charge in [-0.15, -0.1) is 0 Å². The van der Waals surface area contributed by atoms with Gasteiger partial charge in [0, 0.05) is 25.6 Å². The molecule has 2 amide bonds. The molecule has 2 saturated heterocycles. The van der Waals surface area contributed by atoms with Crippen LogP contribution in [-0.4, -0.2) is 47.3 Å². The van der Waals surface area contributed by atoms with Crippen LogP contribution >= 0.6 is 0 Å². The van der Waals surface area contributed by atoms with Crippen molar-refractivity contribution in [3.05, 3.63) is 0 Å². The molecule has 1 aliphatic carbocycles. The average molecular weight is 306 g/mol. The van der Waals surface area contributed by atoms with Crippen LogP contribution in [0, 0.1) is 17.8 Å². The summed E-state index contributed by atoms with van der Waals surface area (Å²) in [6, 6.07) is -0.163. The first-order valence-electron chi connectivity index (χ1n) is 9.17. The summed E-state index contributed by atoms with van der Waals surface area (Å²) < 4.78 is 0. The van der Waals surface area contributed by atoms with Gasteiger partial charge >= 0.3 is 0 Å². The fourth-order valence-electron chi connectivity index (χ4n) is 4.07. The minimum absolute atomic E-state index is 0.163. The number of hydrogen-bond acceptors (Lipinski definition) is 2. The maximum Gasteiger partial charge on any atom is 0.245 e. The Hall–Kier alpha value is -1.06. The molecule has 2 atom stereocenters. The fraction of sp³-hybridized carbons (Fsp3) is 0.889. The van der Waals surface area contributed by atoms with Gasteiger partial charge in [0.15, 0.2) is 0 Å². The zero-order valence-corrected chi connectivity index (χ0v) is 14.1. The number of rotatable bonds is 3. The number of likely N-dealkylation sites (tertiary alicyclic amines) is 2. The molecule has 0 aromatic rings. The minimum Gasteiger partial charge on any atom is -0.341 e. The Morgan fingerprint density at radius 1 is 0.864 bits per heavy atom. The van der Waals surface area contributed by atoms with E-state index in [0.29, 0.717) is 5.92 Å². The lowest BCUT2D eigenvalue weighted by Crippen LogP contribution is -2.48. The highest BCUT2D eigenvalue weighted by Crippen LogP contribution is 2.34. The number of carbonyl (C=O) groups excluding carboxylic acids is 2. The summed E-state index contributed by atoms with van der Waals surface area (Å²) in [5.41, 5.74) is 0. The van der Waals surface area contributed by atoms with E-state index in [9.17, 15) is 9.59 Å². The Morgan fingerprint density at radius 2 is 1.59 bits per heavy atom. The zero-order valence-electron chi connectivity index (χ0n) is 14.1. The normalized spacial score (nSPS) is 29.8. The lowest BCUT2D eigenvalue weighted by molar-refractivity contribution is -0.144. The van der Waals surface area contributed by atoms with Crippen molar-refractivity contribution < 1.29 is 9.59 Å². The highest BCUT2D eigenvalue weighted by Gasteiger charge is 2.42. The van der Waals surface area contributed by atoms with Crippen LogP contribution in [0.15, 0.2) is 0 Å². The van der Waals surface area contributed by atoms with Gasteiger partial charge in [0.1, 0.15) is 6.04 Å². The second kappa shape index (κ2) is 6.59. The van der Waals surface area contributed by atoms with Crippen molar-refractivity contribution in [1.29, 1.82) is 0 Å².